The fraction of sp³-hybridized carbons (Fsp3) is 0.400. The van der Waals surface area contributed by atoms with Crippen LogP contribution in [-0.4, -0.2) is 20.6 Å². The maximum atomic E-state index is 12.7. The van der Waals surface area contributed by atoms with Crippen molar-refractivity contribution < 1.29 is 14.8 Å². The average Bonchev–Trinajstić information content (AvgIpc) is 2.56. The molecular weight excluding hydrogens is 348 g/mol. The van der Waals surface area contributed by atoms with Crippen molar-refractivity contribution in [2.75, 3.05) is 0 Å². The van der Waals surface area contributed by atoms with Crippen LogP contribution in [0.25, 0.3) is 0 Å². The van der Waals surface area contributed by atoms with Crippen LogP contribution >= 0.6 is 0 Å². The molecule has 0 bridgehead atoms. The summed E-state index contributed by atoms with van der Waals surface area (Å²) >= 11 is 0. The first-order valence-corrected chi connectivity index (χ1v) is 8.78. The van der Waals surface area contributed by atoms with Crippen LogP contribution in [0.1, 0.15) is 44.4 Å². The van der Waals surface area contributed by atoms with Crippen LogP contribution in [-0.2, 0) is 17.6 Å². The zero-order chi connectivity index (χ0) is 20.2. The molecule has 1 aromatic carbocycles. The molecule has 1 atom stereocenters. The molecule has 0 fully saturated rings. The molecular formula is C20H24N2O5. The van der Waals surface area contributed by atoms with Crippen LogP contribution in [0.2, 0.25) is 0 Å². The lowest BCUT2D eigenvalue weighted by atomic mass is 9.86. The number of hydrogen-bond acceptors (Lipinski definition) is 4. The lowest BCUT2D eigenvalue weighted by Gasteiger charge is -2.28. The number of rotatable bonds is 7. The van der Waals surface area contributed by atoms with Crippen molar-refractivity contribution in [2.45, 2.75) is 46.1 Å². The van der Waals surface area contributed by atoms with E-state index in [4.69, 9.17) is 0 Å². The van der Waals surface area contributed by atoms with E-state index in [2.05, 4.69) is 0 Å². The van der Waals surface area contributed by atoms with Crippen LogP contribution in [0, 0.1) is 15.5 Å². The maximum Gasteiger partial charge on any atom is 0.337 e. The van der Waals surface area contributed by atoms with Crippen molar-refractivity contribution in [1.82, 2.24) is 4.57 Å². The SMILES string of the molecule is CC(C)(C)C(C(=O)O)n1ccc(CCCc2ccccc2)c([N+](=O)[O-])c1=O. The number of pyridine rings is 1. The third-order valence-electron chi connectivity index (χ3n) is 4.45. The molecule has 1 heterocycles. The highest BCUT2D eigenvalue weighted by Gasteiger charge is 2.35. The van der Waals surface area contributed by atoms with Crippen LogP contribution in [0.5, 0.6) is 0 Å². The van der Waals surface area contributed by atoms with E-state index in [-0.39, 0.29) is 0 Å². The van der Waals surface area contributed by atoms with Crippen molar-refractivity contribution in [3.8, 4) is 0 Å². The summed E-state index contributed by atoms with van der Waals surface area (Å²) in [7, 11) is 0. The minimum Gasteiger partial charge on any atom is -0.480 e. The minimum absolute atomic E-state index is 0.329. The topological polar surface area (TPSA) is 102 Å². The molecule has 144 valence electrons. The Morgan fingerprint density at radius 2 is 1.81 bits per heavy atom. The molecule has 0 saturated carbocycles. The Bertz CT molecular complexity index is 881. The van der Waals surface area contributed by atoms with Crippen LogP contribution < -0.4 is 5.56 Å². The Morgan fingerprint density at radius 1 is 1.19 bits per heavy atom. The van der Waals surface area contributed by atoms with Crippen LogP contribution in [0.4, 0.5) is 5.69 Å². The van der Waals surface area contributed by atoms with Crippen molar-refractivity contribution in [3.63, 3.8) is 0 Å². The maximum absolute atomic E-state index is 12.7. The molecule has 0 amide bonds. The molecule has 0 saturated heterocycles. The number of aliphatic carboxylic acids is 1. The first-order valence-electron chi connectivity index (χ1n) is 8.78. The van der Waals surface area contributed by atoms with Crippen molar-refractivity contribution in [1.29, 1.82) is 0 Å². The molecule has 0 spiro atoms. The Morgan fingerprint density at radius 3 is 2.33 bits per heavy atom. The second-order valence-electron chi connectivity index (χ2n) is 7.61. The Balaban J connectivity index is 2.35. The second-order valence-corrected chi connectivity index (χ2v) is 7.61. The smallest absolute Gasteiger partial charge is 0.337 e. The van der Waals surface area contributed by atoms with Crippen LogP contribution in [0.3, 0.4) is 0 Å². The minimum atomic E-state index is -1.20. The number of aromatic nitrogens is 1. The number of hydrogen-bond donors (Lipinski definition) is 1. The molecule has 0 aliphatic heterocycles. The Hall–Kier alpha value is -2.96. The molecule has 27 heavy (non-hydrogen) atoms. The predicted octanol–water partition coefficient (Wildman–Crippen LogP) is 3.60. The summed E-state index contributed by atoms with van der Waals surface area (Å²) in [5, 5.41) is 21.0. The summed E-state index contributed by atoms with van der Waals surface area (Å²) in [6.07, 6.45) is 3.11. The lowest BCUT2D eigenvalue weighted by molar-refractivity contribution is -0.387. The van der Waals surface area contributed by atoms with Gasteiger partial charge < -0.3 is 5.11 Å². The number of carbonyl (C=O) groups is 1. The third-order valence-corrected chi connectivity index (χ3v) is 4.45. The van der Waals surface area contributed by atoms with E-state index in [9.17, 15) is 24.8 Å². The van der Waals surface area contributed by atoms with E-state index in [1.165, 1.54) is 12.3 Å². The summed E-state index contributed by atoms with van der Waals surface area (Å²) in [5.74, 6) is -1.20. The van der Waals surface area contributed by atoms with E-state index in [1.807, 2.05) is 30.3 Å². The van der Waals surface area contributed by atoms with Gasteiger partial charge in [-0.05, 0) is 36.3 Å². The van der Waals surface area contributed by atoms with Gasteiger partial charge in [0, 0.05) is 11.8 Å². The molecule has 0 radical (unpaired) electrons. The number of carboxylic acids is 1. The van der Waals surface area contributed by atoms with E-state index in [0.717, 1.165) is 16.6 Å². The van der Waals surface area contributed by atoms with Gasteiger partial charge in [0.25, 0.3) is 0 Å². The van der Waals surface area contributed by atoms with E-state index in [1.54, 1.807) is 20.8 Å². The average molecular weight is 372 g/mol. The zero-order valence-corrected chi connectivity index (χ0v) is 15.7. The second kappa shape index (κ2) is 8.16. The van der Waals surface area contributed by atoms with Gasteiger partial charge in [-0.25, -0.2) is 4.79 Å². The number of aryl methyl sites for hydroxylation is 2. The number of carboxylic acid groups (broad SMARTS) is 1. The summed E-state index contributed by atoms with van der Waals surface area (Å²) in [6.45, 7) is 5.04. The van der Waals surface area contributed by atoms with Gasteiger partial charge in [0.1, 0.15) is 6.04 Å². The fourth-order valence-corrected chi connectivity index (χ4v) is 3.21. The molecule has 2 aromatic rings. The molecule has 1 unspecified atom stereocenters. The van der Waals surface area contributed by atoms with E-state index < -0.39 is 33.6 Å². The molecule has 1 N–H and O–H groups in total. The first-order chi connectivity index (χ1) is 12.6. The lowest BCUT2D eigenvalue weighted by Crippen LogP contribution is -2.38. The van der Waals surface area contributed by atoms with E-state index in [0.29, 0.717) is 18.4 Å². The number of benzene rings is 1. The summed E-state index contributed by atoms with van der Waals surface area (Å²) in [4.78, 5) is 35.2. The molecule has 2 rings (SSSR count). The third kappa shape index (κ3) is 4.81. The Kier molecular flexibility index (Phi) is 6.15. The van der Waals surface area contributed by atoms with Gasteiger partial charge in [0.05, 0.1) is 4.92 Å². The fourth-order valence-electron chi connectivity index (χ4n) is 3.21. The largest absolute Gasteiger partial charge is 0.480 e. The van der Waals surface area contributed by atoms with Gasteiger partial charge in [-0.3, -0.25) is 19.5 Å². The summed E-state index contributed by atoms with van der Waals surface area (Å²) in [5.41, 5.74) is -0.749. The van der Waals surface area contributed by atoms with Gasteiger partial charge >= 0.3 is 17.2 Å². The number of nitrogens with zero attached hydrogens (tertiary/aromatic N) is 2. The van der Waals surface area contributed by atoms with Crippen molar-refractivity contribution in [3.05, 3.63) is 74.2 Å². The highest BCUT2D eigenvalue weighted by molar-refractivity contribution is 5.73. The van der Waals surface area contributed by atoms with Gasteiger partial charge in [0.2, 0.25) is 0 Å². The zero-order valence-electron chi connectivity index (χ0n) is 15.7. The highest BCUT2D eigenvalue weighted by Crippen LogP contribution is 2.30. The molecule has 1 aromatic heterocycles. The van der Waals surface area contributed by atoms with Gasteiger partial charge in [-0.1, -0.05) is 51.1 Å². The predicted molar refractivity (Wildman–Crippen MR) is 102 cm³/mol. The monoisotopic (exact) mass is 372 g/mol. The highest BCUT2D eigenvalue weighted by atomic mass is 16.6. The van der Waals surface area contributed by atoms with Crippen molar-refractivity contribution in [2.24, 2.45) is 5.41 Å². The molecule has 0 aliphatic rings. The summed E-state index contributed by atoms with van der Waals surface area (Å²) < 4.78 is 0.959. The van der Waals surface area contributed by atoms with Gasteiger partial charge in [-0.2, -0.15) is 0 Å². The van der Waals surface area contributed by atoms with Crippen molar-refractivity contribution >= 4 is 11.7 Å². The normalized spacial score (nSPS) is 12.6. The molecule has 7 nitrogen and oxygen atoms in total. The first kappa shape index (κ1) is 20.4. The quantitative estimate of drug-likeness (QED) is 0.591. The molecule has 0 aliphatic carbocycles. The number of nitro groups is 1. The standard InChI is InChI=1S/C20H24N2O5/c1-20(2,3)17(19(24)25)21-13-12-15(16(18(21)23)22(26)27)11-7-10-14-8-5-4-6-9-14/h4-6,8-9,12-13,17H,7,10-11H2,1-3H3,(H,24,25). The Labute approximate surface area is 157 Å². The van der Waals surface area contributed by atoms with E-state index >= 15 is 0 Å². The van der Waals surface area contributed by atoms with Gasteiger partial charge in [-0.15, -0.1) is 0 Å². The van der Waals surface area contributed by atoms with Gasteiger partial charge in [0.15, 0.2) is 0 Å². The molecule has 7 heteroatoms. The summed E-state index contributed by atoms with van der Waals surface area (Å²) in [6, 6.07) is 10.0. The van der Waals surface area contributed by atoms with Crippen LogP contribution in [0.15, 0.2) is 47.4 Å².